The summed E-state index contributed by atoms with van der Waals surface area (Å²) in [7, 11) is 2.05. The standard InChI is InChI=1S/C16H27NO/c1-5-12-18-15-9-6-14(7-10-15)8-11-16(17-4)13(2)3/h6-7,9-10,13,16-17H,5,8,11-12H2,1-4H3. The van der Waals surface area contributed by atoms with Crippen LogP contribution >= 0.6 is 0 Å². The fraction of sp³-hybridized carbons (Fsp3) is 0.625. The van der Waals surface area contributed by atoms with Gasteiger partial charge in [0.25, 0.3) is 0 Å². The van der Waals surface area contributed by atoms with Crippen molar-refractivity contribution in [2.45, 2.75) is 46.1 Å². The molecule has 0 saturated carbocycles. The lowest BCUT2D eigenvalue weighted by molar-refractivity contribution is 0.317. The van der Waals surface area contributed by atoms with Crippen LogP contribution in [0.4, 0.5) is 0 Å². The van der Waals surface area contributed by atoms with Gasteiger partial charge in [-0.25, -0.2) is 0 Å². The minimum absolute atomic E-state index is 0.598. The molecule has 1 rings (SSSR count). The topological polar surface area (TPSA) is 21.3 Å². The summed E-state index contributed by atoms with van der Waals surface area (Å²) in [4.78, 5) is 0. The molecule has 1 unspecified atom stereocenters. The van der Waals surface area contributed by atoms with Crippen LogP contribution in [0.1, 0.15) is 39.2 Å². The van der Waals surface area contributed by atoms with Gasteiger partial charge in [-0.1, -0.05) is 32.9 Å². The van der Waals surface area contributed by atoms with Gasteiger partial charge in [0.1, 0.15) is 5.75 Å². The van der Waals surface area contributed by atoms with E-state index in [1.54, 1.807) is 0 Å². The Hall–Kier alpha value is -1.02. The summed E-state index contributed by atoms with van der Waals surface area (Å²) >= 11 is 0. The molecule has 0 bridgehead atoms. The van der Waals surface area contributed by atoms with Gasteiger partial charge in [-0.2, -0.15) is 0 Å². The molecule has 0 aliphatic heterocycles. The van der Waals surface area contributed by atoms with Crippen LogP contribution in [0, 0.1) is 5.92 Å². The van der Waals surface area contributed by atoms with Gasteiger partial charge in [-0.15, -0.1) is 0 Å². The van der Waals surface area contributed by atoms with Gasteiger partial charge in [0, 0.05) is 6.04 Å². The SMILES string of the molecule is CCCOc1ccc(CCC(NC)C(C)C)cc1. The minimum Gasteiger partial charge on any atom is -0.494 e. The van der Waals surface area contributed by atoms with E-state index >= 15 is 0 Å². The molecule has 0 heterocycles. The highest BCUT2D eigenvalue weighted by Gasteiger charge is 2.10. The third-order valence-electron chi connectivity index (χ3n) is 3.32. The molecule has 0 spiro atoms. The first kappa shape index (κ1) is 15.0. The smallest absolute Gasteiger partial charge is 0.119 e. The van der Waals surface area contributed by atoms with Crippen molar-refractivity contribution in [3.63, 3.8) is 0 Å². The maximum absolute atomic E-state index is 5.58. The molecule has 0 fully saturated rings. The fourth-order valence-electron chi connectivity index (χ4n) is 2.11. The summed E-state index contributed by atoms with van der Waals surface area (Å²) in [5.74, 6) is 1.66. The van der Waals surface area contributed by atoms with E-state index in [1.165, 1.54) is 12.0 Å². The van der Waals surface area contributed by atoms with Crippen LogP contribution in [0.15, 0.2) is 24.3 Å². The number of benzene rings is 1. The van der Waals surface area contributed by atoms with Crippen LogP contribution in [0.3, 0.4) is 0 Å². The fourth-order valence-corrected chi connectivity index (χ4v) is 2.11. The normalized spacial score (nSPS) is 12.7. The molecule has 1 atom stereocenters. The third kappa shape index (κ3) is 5.09. The Labute approximate surface area is 112 Å². The third-order valence-corrected chi connectivity index (χ3v) is 3.32. The van der Waals surface area contributed by atoms with Crippen LogP contribution in [0.25, 0.3) is 0 Å². The lowest BCUT2D eigenvalue weighted by Gasteiger charge is -2.20. The Kier molecular flexibility index (Phi) is 6.81. The van der Waals surface area contributed by atoms with E-state index in [0.717, 1.165) is 25.2 Å². The van der Waals surface area contributed by atoms with E-state index in [1.807, 2.05) is 7.05 Å². The molecular formula is C16H27NO. The quantitative estimate of drug-likeness (QED) is 0.759. The Morgan fingerprint density at radius 2 is 1.83 bits per heavy atom. The van der Waals surface area contributed by atoms with Crippen molar-refractivity contribution in [2.24, 2.45) is 5.92 Å². The molecular weight excluding hydrogens is 222 g/mol. The molecule has 0 aliphatic rings. The number of rotatable bonds is 8. The highest BCUT2D eigenvalue weighted by atomic mass is 16.5. The summed E-state index contributed by atoms with van der Waals surface area (Å²) < 4.78 is 5.58. The maximum atomic E-state index is 5.58. The van der Waals surface area contributed by atoms with Gasteiger partial charge >= 0.3 is 0 Å². The van der Waals surface area contributed by atoms with Gasteiger partial charge in [0.05, 0.1) is 6.61 Å². The maximum Gasteiger partial charge on any atom is 0.119 e. The van der Waals surface area contributed by atoms with Crippen molar-refractivity contribution in [2.75, 3.05) is 13.7 Å². The first-order chi connectivity index (χ1) is 8.67. The molecule has 2 heteroatoms. The van der Waals surface area contributed by atoms with Gasteiger partial charge in [0.15, 0.2) is 0 Å². The molecule has 2 nitrogen and oxygen atoms in total. The summed E-state index contributed by atoms with van der Waals surface area (Å²) in [6.07, 6.45) is 3.36. The predicted molar refractivity (Wildman–Crippen MR) is 78.2 cm³/mol. The molecule has 102 valence electrons. The molecule has 0 radical (unpaired) electrons. The molecule has 0 aromatic heterocycles. The van der Waals surface area contributed by atoms with Crippen molar-refractivity contribution < 1.29 is 4.74 Å². The van der Waals surface area contributed by atoms with Crippen LogP contribution in [-0.2, 0) is 6.42 Å². The van der Waals surface area contributed by atoms with Crippen molar-refractivity contribution in [3.05, 3.63) is 29.8 Å². The lowest BCUT2D eigenvalue weighted by Crippen LogP contribution is -2.30. The number of nitrogens with one attached hydrogen (secondary N) is 1. The summed E-state index contributed by atoms with van der Waals surface area (Å²) in [5.41, 5.74) is 1.39. The van der Waals surface area contributed by atoms with Crippen molar-refractivity contribution in [1.29, 1.82) is 0 Å². The molecule has 0 saturated heterocycles. The van der Waals surface area contributed by atoms with E-state index in [0.29, 0.717) is 12.0 Å². The number of ether oxygens (including phenoxy) is 1. The Morgan fingerprint density at radius 3 is 2.33 bits per heavy atom. The zero-order chi connectivity index (χ0) is 13.4. The largest absolute Gasteiger partial charge is 0.494 e. The van der Waals surface area contributed by atoms with E-state index in [4.69, 9.17) is 4.74 Å². The second-order valence-electron chi connectivity index (χ2n) is 5.17. The predicted octanol–water partition coefficient (Wildman–Crippen LogP) is 3.65. The molecule has 0 aliphatic carbocycles. The molecule has 0 amide bonds. The van der Waals surface area contributed by atoms with Gasteiger partial charge in [0.2, 0.25) is 0 Å². The van der Waals surface area contributed by atoms with Gasteiger partial charge in [-0.3, -0.25) is 0 Å². The van der Waals surface area contributed by atoms with Crippen LogP contribution in [-0.4, -0.2) is 19.7 Å². The van der Waals surface area contributed by atoms with Crippen molar-refractivity contribution in [3.8, 4) is 5.75 Å². The Balaban J connectivity index is 2.43. The van der Waals surface area contributed by atoms with Gasteiger partial charge in [-0.05, 0) is 49.9 Å². The second kappa shape index (κ2) is 8.15. The van der Waals surface area contributed by atoms with Crippen molar-refractivity contribution in [1.82, 2.24) is 5.32 Å². The first-order valence-corrected chi connectivity index (χ1v) is 7.06. The van der Waals surface area contributed by atoms with Crippen LogP contribution in [0.5, 0.6) is 5.75 Å². The summed E-state index contributed by atoms with van der Waals surface area (Å²) in [6, 6.07) is 9.11. The van der Waals surface area contributed by atoms with E-state index in [-0.39, 0.29) is 0 Å². The van der Waals surface area contributed by atoms with Gasteiger partial charge < -0.3 is 10.1 Å². The molecule has 1 aromatic carbocycles. The summed E-state index contributed by atoms with van der Waals surface area (Å²) in [5, 5.41) is 3.39. The highest BCUT2D eigenvalue weighted by Crippen LogP contribution is 2.15. The second-order valence-corrected chi connectivity index (χ2v) is 5.17. The van der Waals surface area contributed by atoms with Crippen LogP contribution in [0.2, 0.25) is 0 Å². The first-order valence-electron chi connectivity index (χ1n) is 7.06. The van der Waals surface area contributed by atoms with Crippen LogP contribution < -0.4 is 10.1 Å². The van der Waals surface area contributed by atoms with Crippen molar-refractivity contribution >= 4 is 0 Å². The molecule has 18 heavy (non-hydrogen) atoms. The number of hydrogen-bond donors (Lipinski definition) is 1. The Bertz CT molecular complexity index is 318. The minimum atomic E-state index is 0.598. The average Bonchev–Trinajstić information content (AvgIpc) is 2.38. The number of aryl methyl sites for hydroxylation is 1. The Morgan fingerprint density at radius 1 is 1.17 bits per heavy atom. The zero-order valence-electron chi connectivity index (χ0n) is 12.2. The molecule has 1 aromatic rings. The van der Waals surface area contributed by atoms with E-state index in [9.17, 15) is 0 Å². The summed E-state index contributed by atoms with van der Waals surface area (Å²) in [6.45, 7) is 7.46. The monoisotopic (exact) mass is 249 g/mol. The average molecular weight is 249 g/mol. The number of hydrogen-bond acceptors (Lipinski definition) is 2. The zero-order valence-corrected chi connectivity index (χ0v) is 12.2. The lowest BCUT2D eigenvalue weighted by atomic mass is 9.97. The highest BCUT2D eigenvalue weighted by molar-refractivity contribution is 5.27. The van der Waals surface area contributed by atoms with E-state index < -0.39 is 0 Å². The molecule has 1 N–H and O–H groups in total. The van der Waals surface area contributed by atoms with E-state index in [2.05, 4.69) is 50.4 Å².